The summed E-state index contributed by atoms with van der Waals surface area (Å²) in [5.74, 6) is 0.211. The van der Waals surface area contributed by atoms with Gasteiger partial charge in [-0.05, 0) is 31.5 Å². The number of carbonyl (C=O) groups excluding carboxylic acids is 1. The molecule has 1 aliphatic rings. The highest BCUT2D eigenvalue weighted by molar-refractivity contribution is 6.00. The SMILES string of the molecule is CC1(C(=O)c2cccnc2)CCCNC1. The van der Waals surface area contributed by atoms with Crippen molar-refractivity contribution >= 4 is 5.78 Å². The van der Waals surface area contributed by atoms with Gasteiger partial charge in [-0.1, -0.05) is 6.92 Å². The van der Waals surface area contributed by atoms with Crippen LogP contribution in [0.4, 0.5) is 0 Å². The normalized spacial score (nSPS) is 26.2. The Kier molecular flexibility index (Phi) is 2.82. The number of nitrogens with one attached hydrogen (secondary N) is 1. The summed E-state index contributed by atoms with van der Waals surface area (Å²) >= 11 is 0. The Balaban J connectivity index is 2.20. The van der Waals surface area contributed by atoms with Crippen LogP contribution in [0.1, 0.15) is 30.1 Å². The average Bonchev–Trinajstić information content (AvgIpc) is 2.30. The van der Waals surface area contributed by atoms with Gasteiger partial charge in [0.05, 0.1) is 0 Å². The molecule has 1 aromatic rings. The minimum absolute atomic E-state index is 0.211. The number of aromatic nitrogens is 1. The molecule has 3 heteroatoms. The highest BCUT2D eigenvalue weighted by atomic mass is 16.1. The van der Waals surface area contributed by atoms with E-state index in [1.54, 1.807) is 12.4 Å². The molecule has 0 bridgehead atoms. The Bertz CT molecular complexity index is 342. The summed E-state index contributed by atoms with van der Waals surface area (Å²) in [4.78, 5) is 16.2. The Labute approximate surface area is 89.9 Å². The third-order valence-electron chi connectivity index (χ3n) is 3.07. The first kappa shape index (κ1) is 10.3. The minimum Gasteiger partial charge on any atom is -0.316 e. The molecule has 1 unspecified atom stereocenters. The minimum atomic E-state index is -0.249. The molecule has 2 heterocycles. The van der Waals surface area contributed by atoms with Crippen LogP contribution in [-0.4, -0.2) is 23.9 Å². The zero-order valence-corrected chi connectivity index (χ0v) is 8.99. The van der Waals surface area contributed by atoms with Crippen LogP contribution < -0.4 is 5.32 Å². The molecule has 1 aromatic heterocycles. The Hall–Kier alpha value is -1.22. The predicted octanol–water partition coefficient (Wildman–Crippen LogP) is 1.65. The van der Waals surface area contributed by atoms with Crippen molar-refractivity contribution in [2.75, 3.05) is 13.1 Å². The van der Waals surface area contributed by atoms with Crippen molar-refractivity contribution < 1.29 is 4.79 Å². The lowest BCUT2D eigenvalue weighted by Gasteiger charge is -2.32. The lowest BCUT2D eigenvalue weighted by molar-refractivity contribution is 0.0772. The van der Waals surface area contributed by atoms with Gasteiger partial charge in [-0.2, -0.15) is 0 Å². The number of hydrogen-bond acceptors (Lipinski definition) is 3. The Morgan fingerprint density at radius 3 is 3.07 bits per heavy atom. The highest BCUT2D eigenvalue weighted by Gasteiger charge is 2.34. The molecule has 3 nitrogen and oxygen atoms in total. The van der Waals surface area contributed by atoms with E-state index in [9.17, 15) is 4.79 Å². The van der Waals surface area contributed by atoms with Gasteiger partial charge in [-0.3, -0.25) is 9.78 Å². The standard InChI is InChI=1S/C12H16N2O/c1-12(5-3-7-14-9-12)11(15)10-4-2-6-13-8-10/h2,4,6,8,14H,3,5,7,9H2,1H3. The Morgan fingerprint density at radius 2 is 2.47 bits per heavy atom. The molecule has 0 saturated carbocycles. The molecular formula is C12H16N2O. The van der Waals surface area contributed by atoms with Crippen molar-refractivity contribution in [2.24, 2.45) is 5.41 Å². The molecule has 1 aliphatic heterocycles. The number of Topliss-reactive ketones (excluding diaryl/α,β-unsaturated/α-hetero) is 1. The number of rotatable bonds is 2. The van der Waals surface area contributed by atoms with Crippen molar-refractivity contribution in [1.29, 1.82) is 0 Å². The van der Waals surface area contributed by atoms with Crippen LogP contribution in [0.25, 0.3) is 0 Å². The molecular weight excluding hydrogens is 188 g/mol. The highest BCUT2D eigenvalue weighted by Crippen LogP contribution is 2.29. The summed E-state index contributed by atoms with van der Waals surface area (Å²) in [6.07, 6.45) is 5.39. The molecule has 0 spiro atoms. The molecule has 0 amide bonds. The second-order valence-electron chi connectivity index (χ2n) is 4.41. The van der Waals surface area contributed by atoms with Crippen LogP contribution in [0, 0.1) is 5.41 Å². The maximum Gasteiger partial charge on any atom is 0.171 e. The summed E-state index contributed by atoms with van der Waals surface area (Å²) in [6, 6.07) is 3.65. The molecule has 1 fully saturated rings. The number of pyridine rings is 1. The van der Waals surface area contributed by atoms with Gasteiger partial charge in [0.1, 0.15) is 0 Å². The monoisotopic (exact) mass is 204 g/mol. The number of hydrogen-bond donors (Lipinski definition) is 1. The lowest BCUT2D eigenvalue weighted by Crippen LogP contribution is -2.43. The van der Waals surface area contributed by atoms with E-state index in [1.165, 1.54) is 0 Å². The summed E-state index contributed by atoms with van der Waals surface area (Å²) in [5, 5.41) is 3.28. The lowest BCUT2D eigenvalue weighted by atomic mass is 9.77. The molecule has 1 atom stereocenters. The number of nitrogens with zero attached hydrogens (tertiary/aromatic N) is 1. The van der Waals surface area contributed by atoms with Gasteiger partial charge in [0.2, 0.25) is 0 Å². The largest absolute Gasteiger partial charge is 0.316 e. The van der Waals surface area contributed by atoms with E-state index in [4.69, 9.17) is 0 Å². The first-order chi connectivity index (χ1) is 7.22. The predicted molar refractivity (Wildman–Crippen MR) is 58.8 cm³/mol. The van der Waals surface area contributed by atoms with Gasteiger partial charge >= 0.3 is 0 Å². The van der Waals surface area contributed by atoms with Crippen molar-refractivity contribution in [3.05, 3.63) is 30.1 Å². The quantitative estimate of drug-likeness (QED) is 0.745. The fourth-order valence-corrected chi connectivity index (χ4v) is 2.10. The van der Waals surface area contributed by atoms with Crippen LogP contribution in [0.5, 0.6) is 0 Å². The molecule has 15 heavy (non-hydrogen) atoms. The average molecular weight is 204 g/mol. The van der Waals surface area contributed by atoms with Gasteiger partial charge in [0.25, 0.3) is 0 Å². The third kappa shape index (κ3) is 2.07. The van der Waals surface area contributed by atoms with E-state index in [0.29, 0.717) is 0 Å². The molecule has 1 saturated heterocycles. The van der Waals surface area contributed by atoms with E-state index in [1.807, 2.05) is 19.1 Å². The fraction of sp³-hybridized carbons (Fsp3) is 0.500. The zero-order valence-electron chi connectivity index (χ0n) is 8.99. The van der Waals surface area contributed by atoms with E-state index >= 15 is 0 Å². The summed E-state index contributed by atoms with van der Waals surface area (Å²) < 4.78 is 0. The first-order valence-corrected chi connectivity index (χ1v) is 5.38. The van der Waals surface area contributed by atoms with Crippen molar-refractivity contribution in [2.45, 2.75) is 19.8 Å². The Morgan fingerprint density at radius 1 is 1.60 bits per heavy atom. The molecule has 0 aromatic carbocycles. The topological polar surface area (TPSA) is 42.0 Å². The smallest absolute Gasteiger partial charge is 0.171 e. The zero-order chi connectivity index (χ0) is 10.7. The van der Waals surface area contributed by atoms with Gasteiger partial charge < -0.3 is 5.32 Å². The maximum absolute atomic E-state index is 12.2. The molecule has 0 radical (unpaired) electrons. The molecule has 1 N–H and O–H groups in total. The van der Waals surface area contributed by atoms with Crippen molar-refractivity contribution in [3.63, 3.8) is 0 Å². The molecule has 2 rings (SSSR count). The van der Waals surface area contributed by atoms with Crippen LogP contribution in [0.3, 0.4) is 0 Å². The number of carbonyl (C=O) groups is 1. The van der Waals surface area contributed by atoms with Crippen LogP contribution >= 0.6 is 0 Å². The third-order valence-corrected chi connectivity index (χ3v) is 3.07. The number of piperidine rings is 1. The molecule has 0 aliphatic carbocycles. The fourth-order valence-electron chi connectivity index (χ4n) is 2.10. The summed E-state index contributed by atoms with van der Waals surface area (Å²) in [5.41, 5.74) is 0.477. The van der Waals surface area contributed by atoms with E-state index in [2.05, 4.69) is 10.3 Å². The van der Waals surface area contributed by atoms with Gasteiger partial charge in [-0.15, -0.1) is 0 Å². The summed E-state index contributed by atoms with van der Waals surface area (Å²) in [6.45, 7) is 3.84. The second kappa shape index (κ2) is 4.11. The maximum atomic E-state index is 12.2. The van der Waals surface area contributed by atoms with Gasteiger partial charge in [0.15, 0.2) is 5.78 Å². The van der Waals surface area contributed by atoms with E-state index in [0.717, 1.165) is 31.5 Å². The second-order valence-corrected chi connectivity index (χ2v) is 4.41. The number of ketones is 1. The van der Waals surface area contributed by atoms with Gasteiger partial charge in [0, 0.05) is 29.9 Å². The van der Waals surface area contributed by atoms with Crippen LogP contribution in [0.15, 0.2) is 24.5 Å². The van der Waals surface area contributed by atoms with Gasteiger partial charge in [-0.25, -0.2) is 0 Å². The van der Waals surface area contributed by atoms with E-state index < -0.39 is 0 Å². The van der Waals surface area contributed by atoms with Crippen LogP contribution in [0.2, 0.25) is 0 Å². The van der Waals surface area contributed by atoms with Crippen molar-refractivity contribution in [1.82, 2.24) is 10.3 Å². The molecule has 80 valence electrons. The summed E-state index contributed by atoms with van der Waals surface area (Å²) in [7, 11) is 0. The first-order valence-electron chi connectivity index (χ1n) is 5.38. The van der Waals surface area contributed by atoms with Crippen molar-refractivity contribution in [3.8, 4) is 0 Å². The van der Waals surface area contributed by atoms with E-state index in [-0.39, 0.29) is 11.2 Å². The van der Waals surface area contributed by atoms with Crippen LogP contribution in [-0.2, 0) is 0 Å².